The highest BCUT2D eigenvalue weighted by Gasteiger charge is 2.13. The van der Waals surface area contributed by atoms with Gasteiger partial charge in [-0.3, -0.25) is 10.1 Å². The molecule has 1 heterocycles. The second-order valence-corrected chi connectivity index (χ2v) is 6.30. The zero-order chi connectivity index (χ0) is 16.8. The Hall–Kier alpha value is -2.46. The van der Waals surface area contributed by atoms with Gasteiger partial charge in [0.25, 0.3) is 5.91 Å². The summed E-state index contributed by atoms with van der Waals surface area (Å²) in [5.74, 6) is -0.188. The molecule has 0 aliphatic rings. The summed E-state index contributed by atoms with van der Waals surface area (Å²) in [5, 5.41) is 3.45. The molecule has 1 aromatic heterocycles. The Balaban J connectivity index is 2.24. The minimum atomic E-state index is -0.188. The van der Waals surface area contributed by atoms with E-state index in [4.69, 9.17) is 0 Å². The van der Waals surface area contributed by atoms with Gasteiger partial charge in [0.15, 0.2) is 5.13 Å². The minimum absolute atomic E-state index is 0.188. The van der Waals surface area contributed by atoms with Crippen molar-refractivity contribution in [1.29, 1.82) is 0 Å². The van der Waals surface area contributed by atoms with Crippen molar-refractivity contribution in [2.75, 3.05) is 5.32 Å². The Morgan fingerprint density at radius 1 is 1.26 bits per heavy atom. The van der Waals surface area contributed by atoms with E-state index in [1.165, 1.54) is 16.9 Å². The van der Waals surface area contributed by atoms with Crippen LogP contribution >= 0.6 is 11.3 Å². The minimum Gasteiger partial charge on any atom is -0.298 e. The van der Waals surface area contributed by atoms with Gasteiger partial charge in [-0.1, -0.05) is 60.7 Å². The van der Waals surface area contributed by atoms with E-state index in [9.17, 15) is 4.79 Å². The van der Waals surface area contributed by atoms with Crippen molar-refractivity contribution >= 4 is 22.4 Å². The zero-order valence-electron chi connectivity index (χ0n) is 13.6. The number of anilines is 1. The number of benzene rings is 1. The van der Waals surface area contributed by atoms with E-state index < -0.39 is 0 Å². The largest absolute Gasteiger partial charge is 0.298 e. The predicted molar refractivity (Wildman–Crippen MR) is 98.7 cm³/mol. The maximum absolute atomic E-state index is 12.3. The van der Waals surface area contributed by atoms with Gasteiger partial charge in [0.1, 0.15) is 0 Å². The maximum atomic E-state index is 12.3. The van der Waals surface area contributed by atoms with Crippen molar-refractivity contribution in [3.8, 4) is 11.3 Å². The smallest absolute Gasteiger partial charge is 0.257 e. The molecule has 0 unspecified atom stereocenters. The summed E-state index contributed by atoms with van der Waals surface area (Å²) >= 11 is 1.48. The lowest BCUT2D eigenvalue weighted by atomic mass is 10.1. The van der Waals surface area contributed by atoms with Crippen LogP contribution in [0.3, 0.4) is 0 Å². The van der Waals surface area contributed by atoms with Gasteiger partial charge in [0.2, 0.25) is 0 Å². The Kier molecular flexibility index (Phi) is 5.66. The van der Waals surface area contributed by atoms with Crippen LogP contribution in [0.4, 0.5) is 5.13 Å². The highest BCUT2D eigenvalue weighted by molar-refractivity contribution is 7.16. The lowest BCUT2D eigenvalue weighted by molar-refractivity contribution is -0.112. The predicted octanol–water partition coefficient (Wildman–Crippen LogP) is 5.05. The summed E-state index contributed by atoms with van der Waals surface area (Å²) in [4.78, 5) is 17.9. The average molecular weight is 324 g/mol. The van der Waals surface area contributed by atoms with E-state index in [2.05, 4.69) is 35.9 Å². The topological polar surface area (TPSA) is 42.0 Å². The van der Waals surface area contributed by atoms with E-state index in [1.54, 1.807) is 18.2 Å². The molecule has 118 valence electrons. The number of carbonyl (C=O) groups excluding carboxylic acids is 1. The Morgan fingerprint density at radius 3 is 2.57 bits per heavy atom. The van der Waals surface area contributed by atoms with E-state index in [0.29, 0.717) is 10.7 Å². The summed E-state index contributed by atoms with van der Waals surface area (Å²) in [6.07, 6.45) is 6.84. The second kappa shape index (κ2) is 7.70. The van der Waals surface area contributed by atoms with Crippen molar-refractivity contribution in [1.82, 2.24) is 4.98 Å². The summed E-state index contributed by atoms with van der Waals surface area (Å²) in [6, 6.07) is 8.21. The van der Waals surface area contributed by atoms with Crippen LogP contribution in [0.15, 0.2) is 60.7 Å². The lowest BCUT2D eigenvalue weighted by Gasteiger charge is -2.02. The summed E-state index contributed by atoms with van der Waals surface area (Å²) < 4.78 is 0. The van der Waals surface area contributed by atoms with Crippen molar-refractivity contribution in [2.24, 2.45) is 0 Å². The standard InChI is InChI=1S/C19H20N2OS/c1-5-7-16(8-6-2)18(22)21-19-20-17(14(4)23-19)15-11-9-13(3)10-12-15/h5-12H,1H2,2-4H3,(H,20,21,22)/b8-6-,16-7+. The maximum Gasteiger partial charge on any atom is 0.257 e. The fourth-order valence-corrected chi connectivity index (χ4v) is 2.94. The molecule has 0 radical (unpaired) electrons. The second-order valence-electron chi connectivity index (χ2n) is 5.10. The monoisotopic (exact) mass is 324 g/mol. The van der Waals surface area contributed by atoms with Crippen LogP contribution in [0.2, 0.25) is 0 Å². The summed E-state index contributed by atoms with van der Waals surface area (Å²) in [7, 11) is 0. The SMILES string of the molecule is C=C/C=C(\C=C/C)C(=O)Nc1nc(-c2ccc(C)cc2)c(C)s1. The molecule has 2 rings (SSSR count). The fourth-order valence-electron chi connectivity index (χ4n) is 2.11. The number of nitrogens with one attached hydrogen (secondary N) is 1. The molecule has 0 atom stereocenters. The Bertz CT molecular complexity index is 767. The van der Waals surface area contributed by atoms with Crippen LogP contribution in [-0.2, 0) is 4.79 Å². The van der Waals surface area contributed by atoms with Gasteiger partial charge in [-0.05, 0) is 20.8 Å². The number of hydrogen-bond acceptors (Lipinski definition) is 3. The molecule has 23 heavy (non-hydrogen) atoms. The number of hydrogen-bond donors (Lipinski definition) is 1. The van der Waals surface area contributed by atoms with Crippen LogP contribution in [0.25, 0.3) is 11.3 Å². The summed E-state index contributed by atoms with van der Waals surface area (Å²) in [5.41, 5.74) is 3.72. The van der Waals surface area contributed by atoms with Crippen molar-refractivity contribution < 1.29 is 4.79 Å². The van der Waals surface area contributed by atoms with Gasteiger partial charge < -0.3 is 0 Å². The quantitative estimate of drug-likeness (QED) is 0.617. The van der Waals surface area contributed by atoms with Crippen LogP contribution in [-0.4, -0.2) is 10.9 Å². The molecule has 2 aromatic rings. The van der Waals surface area contributed by atoms with E-state index in [0.717, 1.165) is 16.1 Å². The molecule has 0 aliphatic carbocycles. The van der Waals surface area contributed by atoms with Crippen LogP contribution in [0.5, 0.6) is 0 Å². The van der Waals surface area contributed by atoms with Crippen LogP contribution in [0, 0.1) is 13.8 Å². The van der Waals surface area contributed by atoms with Gasteiger partial charge in [-0.15, -0.1) is 11.3 Å². The van der Waals surface area contributed by atoms with E-state index in [1.807, 2.05) is 32.1 Å². The molecular weight excluding hydrogens is 304 g/mol. The molecule has 3 nitrogen and oxygen atoms in total. The highest BCUT2D eigenvalue weighted by atomic mass is 32.1. The average Bonchev–Trinajstić information content (AvgIpc) is 2.88. The molecule has 1 aromatic carbocycles. The van der Waals surface area contributed by atoms with Crippen molar-refractivity contribution in [3.05, 3.63) is 71.2 Å². The van der Waals surface area contributed by atoms with Crippen LogP contribution in [0.1, 0.15) is 17.4 Å². The normalized spacial score (nSPS) is 11.7. The molecule has 4 heteroatoms. The van der Waals surface area contributed by atoms with Gasteiger partial charge in [-0.2, -0.15) is 0 Å². The number of nitrogens with zero attached hydrogens (tertiary/aromatic N) is 1. The molecule has 0 bridgehead atoms. The van der Waals surface area contributed by atoms with Gasteiger partial charge in [0, 0.05) is 16.0 Å². The molecule has 0 saturated carbocycles. The van der Waals surface area contributed by atoms with Crippen molar-refractivity contribution in [2.45, 2.75) is 20.8 Å². The first-order chi connectivity index (χ1) is 11.0. The first kappa shape index (κ1) is 16.9. The van der Waals surface area contributed by atoms with Crippen molar-refractivity contribution in [3.63, 3.8) is 0 Å². The number of amides is 1. The first-order valence-corrected chi connectivity index (χ1v) is 8.18. The van der Waals surface area contributed by atoms with Crippen LogP contribution < -0.4 is 5.32 Å². The van der Waals surface area contributed by atoms with Gasteiger partial charge >= 0.3 is 0 Å². The molecule has 1 N–H and O–H groups in total. The van der Waals surface area contributed by atoms with E-state index in [-0.39, 0.29) is 5.91 Å². The number of allylic oxidation sites excluding steroid dienone is 3. The third-order valence-corrected chi connectivity index (χ3v) is 4.13. The number of rotatable bonds is 5. The van der Waals surface area contributed by atoms with E-state index >= 15 is 0 Å². The first-order valence-electron chi connectivity index (χ1n) is 7.36. The number of aryl methyl sites for hydroxylation is 2. The number of carbonyl (C=O) groups is 1. The number of aromatic nitrogens is 1. The fraction of sp³-hybridized carbons (Fsp3) is 0.158. The molecule has 0 fully saturated rings. The molecule has 0 spiro atoms. The Labute approximate surface area is 141 Å². The van der Waals surface area contributed by atoms with Gasteiger partial charge in [0.05, 0.1) is 5.69 Å². The Morgan fingerprint density at radius 2 is 1.96 bits per heavy atom. The highest BCUT2D eigenvalue weighted by Crippen LogP contribution is 2.30. The summed E-state index contributed by atoms with van der Waals surface area (Å²) in [6.45, 7) is 9.56. The zero-order valence-corrected chi connectivity index (χ0v) is 14.4. The molecular formula is C19H20N2OS. The van der Waals surface area contributed by atoms with Gasteiger partial charge in [-0.25, -0.2) is 4.98 Å². The number of thiazole rings is 1. The molecule has 1 amide bonds. The molecule has 0 saturated heterocycles. The third-order valence-electron chi connectivity index (χ3n) is 3.25. The third kappa shape index (κ3) is 4.27. The lowest BCUT2D eigenvalue weighted by Crippen LogP contribution is -2.12. The molecule has 0 aliphatic heterocycles.